The fourth-order valence-electron chi connectivity index (χ4n) is 3.73. The van der Waals surface area contributed by atoms with Crippen LogP contribution in [-0.2, 0) is 0 Å². The zero-order chi connectivity index (χ0) is 26.5. The first-order chi connectivity index (χ1) is 17.9. The number of benzene rings is 2. The molecule has 0 spiro atoms. The third-order valence-electron chi connectivity index (χ3n) is 5.36. The van der Waals surface area contributed by atoms with Gasteiger partial charge in [0.2, 0.25) is 5.95 Å². The molecule has 0 saturated carbocycles. The first kappa shape index (κ1) is 26.4. The van der Waals surface area contributed by atoms with E-state index in [1.807, 2.05) is 12.1 Å². The van der Waals surface area contributed by atoms with Gasteiger partial charge >= 0.3 is 0 Å². The van der Waals surface area contributed by atoms with E-state index in [0.29, 0.717) is 21.6 Å². The molecule has 2 aromatic carbocycles. The molecule has 2 aromatic heterocycles. The van der Waals surface area contributed by atoms with Gasteiger partial charge < -0.3 is 26.1 Å². The molecule has 2 heterocycles. The average molecular weight is 583 g/mol. The Morgan fingerprint density at radius 1 is 1.11 bits per heavy atom. The van der Waals surface area contributed by atoms with Gasteiger partial charge in [-0.2, -0.15) is 4.98 Å². The highest BCUT2D eigenvalue weighted by molar-refractivity contribution is 9.10. The Balaban J connectivity index is 1.72. The Hall–Kier alpha value is -3.69. The van der Waals surface area contributed by atoms with Gasteiger partial charge in [0.25, 0.3) is 0 Å². The highest BCUT2D eigenvalue weighted by Crippen LogP contribution is 2.35. The van der Waals surface area contributed by atoms with Crippen LogP contribution >= 0.6 is 23.9 Å². The lowest BCUT2D eigenvalue weighted by molar-refractivity contribution is 0.413. The summed E-state index contributed by atoms with van der Waals surface area (Å²) >= 11 is 3.53. The Bertz CT molecular complexity index is 1500. The number of nitrogens with one attached hydrogen (secondary N) is 4. The summed E-state index contributed by atoms with van der Waals surface area (Å²) in [5.74, 6) is 0.562. The van der Waals surface area contributed by atoms with Crippen molar-refractivity contribution in [2.24, 2.45) is 0 Å². The second-order valence-electron chi connectivity index (χ2n) is 7.99. The molecule has 4 N–H and O–H groups in total. The summed E-state index contributed by atoms with van der Waals surface area (Å²) in [7, 11) is 2.62. The van der Waals surface area contributed by atoms with Crippen molar-refractivity contribution < 1.29 is 9.13 Å². The quantitative estimate of drug-likeness (QED) is 0.153. The summed E-state index contributed by atoms with van der Waals surface area (Å²) in [6.07, 6.45) is 7.62. The van der Waals surface area contributed by atoms with E-state index in [4.69, 9.17) is 10.1 Å². The number of aromatic nitrogens is 4. The molecule has 0 unspecified atom stereocenters. The van der Waals surface area contributed by atoms with Gasteiger partial charge in [-0.25, -0.2) is 9.37 Å². The zero-order valence-corrected chi connectivity index (χ0v) is 23.1. The number of hydrogen-bond donors (Lipinski definition) is 4. The maximum absolute atomic E-state index is 14.8. The fraction of sp³-hybridized carbons (Fsp3) is 0.160. The molecule has 0 amide bonds. The lowest BCUT2D eigenvalue weighted by Crippen LogP contribution is -2.12. The average Bonchev–Trinajstić information content (AvgIpc) is 2.89. The Kier molecular flexibility index (Phi) is 8.25. The molecule has 4 aromatic rings. The second kappa shape index (κ2) is 11.6. The smallest absolute Gasteiger partial charge is 0.229 e. The van der Waals surface area contributed by atoms with Crippen molar-refractivity contribution in [2.45, 2.75) is 0 Å². The first-order valence-electron chi connectivity index (χ1n) is 11.1. The van der Waals surface area contributed by atoms with Crippen LogP contribution in [0, 0.1) is 11.2 Å². The normalized spacial score (nSPS) is 11.5. The second-order valence-corrected chi connectivity index (χ2v) is 11.1. The number of anilines is 4. The van der Waals surface area contributed by atoms with Gasteiger partial charge in [0.15, 0.2) is 0 Å². The molecule has 0 saturated heterocycles. The minimum Gasteiger partial charge on any atom is -0.494 e. The molecule has 0 aliphatic heterocycles. The van der Waals surface area contributed by atoms with Crippen LogP contribution in [0.5, 0.6) is 5.75 Å². The van der Waals surface area contributed by atoms with Gasteiger partial charge in [-0.05, 0) is 47.5 Å². The highest BCUT2D eigenvalue weighted by Gasteiger charge is 2.17. The Morgan fingerprint density at radius 2 is 1.89 bits per heavy atom. The zero-order valence-electron chi connectivity index (χ0n) is 20.6. The number of allylic oxidation sites excluding steroid dienone is 1. The van der Waals surface area contributed by atoms with Crippen molar-refractivity contribution in [2.75, 3.05) is 38.1 Å². The largest absolute Gasteiger partial charge is 0.494 e. The van der Waals surface area contributed by atoms with E-state index in [9.17, 15) is 4.39 Å². The van der Waals surface area contributed by atoms with Gasteiger partial charge in [0.05, 0.1) is 28.3 Å². The summed E-state index contributed by atoms with van der Waals surface area (Å²) in [6.45, 7) is 4.32. The van der Waals surface area contributed by atoms with Crippen molar-refractivity contribution in [1.82, 2.24) is 25.3 Å². The number of nitrogens with zero attached hydrogens (tertiary/aromatic N) is 4. The molecular weight excluding hydrogens is 558 g/mol. The van der Waals surface area contributed by atoms with Crippen LogP contribution in [-0.4, -0.2) is 53.6 Å². The third-order valence-corrected chi connectivity index (χ3v) is 7.29. The van der Waals surface area contributed by atoms with Gasteiger partial charge in [-0.3, -0.25) is 9.97 Å². The maximum Gasteiger partial charge on any atom is 0.229 e. The molecule has 0 bridgehead atoms. The SMILES string of the molecule is CN/C=C(\C=N)c1cc(Nc2ncc(Br)c(Nc3ccc4nccnc4c3P(C)C)n2)c(OC)cc1F. The molecule has 0 fully saturated rings. The van der Waals surface area contributed by atoms with Crippen LogP contribution in [0.25, 0.3) is 16.6 Å². The van der Waals surface area contributed by atoms with Crippen molar-refractivity contribution in [1.29, 1.82) is 5.41 Å². The van der Waals surface area contributed by atoms with Crippen LogP contribution < -0.4 is 26.0 Å². The molecule has 0 atom stereocenters. The molecule has 0 aliphatic carbocycles. The van der Waals surface area contributed by atoms with E-state index in [2.05, 4.69) is 65.1 Å². The summed E-state index contributed by atoms with van der Waals surface area (Å²) in [5.41, 5.74) is 3.61. The summed E-state index contributed by atoms with van der Waals surface area (Å²) in [5, 5.41) is 18.1. The van der Waals surface area contributed by atoms with E-state index in [-0.39, 0.29) is 17.3 Å². The van der Waals surface area contributed by atoms with Crippen molar-refractivity contribution in [3.8, 4) is 5.75 Å². The topological polar surface area (TPSA) is 121 Å². The van der Waals surface area contributed by atoms with Crippen molar-refractivity contribution >= 4 is 75.1 Å². The van der Waals surface area contributed by atoms with E-state index in [1.54, 1.807) is 37.9 Å². The predicted octanol–water partition coefficient (Wildman–Crippen LogP) is 5.39. The van der Waals surface area contributed by atoms with Crippen molar-refractivity contribution in [3.63, 3.8) is 0 Å². The third kappa shape index (κ3) is 5.68. The van der Waals surface area contributed by atoms with E-state index in [1.165, 1.54) is 13.2 Å². The summed E-state index contributed by atoms with van der Waals surface area (Å²) < 4.78 is 20.8. The van der Waals surface area contributed by atoms with Crippen LogP contribution in [0.1, 0.15) is 5.56 Å². The monoisotopic (exact) mass is 582 g/mol. The maximum atomic E-state index is 14.8. The lowest BCUT2D eigenvalue weighted by atomic mass is 10.1. The van der Waals surface area contributed by atoms with Crippen LogP contribution in [0.15, 0.2) is 53.5 Å². The summed E-state index contributed by atoms with van der Waals surface area (Å²) in [6, 6.07) is 6.71. The van der Waals surface area contributed by atoms with Gasteiger partial charge in [0.1, 0.15) is 17.4 Å². The predicted molar refractivity (Wildman–Crippen MR) is 153 cm³/mol. The Labute approximate surface area is 223 Å². The Morgan fingerprint density at radius 3 is 2.59 bits per heavy atom. The van der Waals surface area contributed by atoms with Gasteiger partial charge in [-0.15, -0.1) is 0 Å². The molecule has 0 radical (unpaired) electrons. The van der Waals surface area contributed by atoms with Gasteiger partial charge in [-0.1, -0.05) is 7.92 Å². The van der Waals surface area contributed by atoms with Gasteiger partial charge in [0, 0.05) is 66.2 Å². The fourth-order valence-corrected chi connectivity index (χ4v) is 5.23. The number of rotatable bonds is 9. The number of halogens is 2. The van der Waals surface area contributed by atoms with E-state index in [0.717, 1.165) is 28.2 Å². The van der Waals surface area contributed by atoms with E-state index < -0.39 is 13.7 Å². The highest BCUT2D eigenvalue weighted by atomic mass is 79.9. The lowest BCUT2D eigenvalue weighted by Gasteiger charge is -2.18. The molecule has 12 heteroatoms. The van der Waals surface area contributed by atoms with Crippen LogP contribution in [0.4, 0.5) is 27.5 Å². The number of methoxy groups -OCH3 is 1. The minimum atomic E-state index is -0.519. The molecule has 0 aliphatic rings. The number of ether oxygens (including phenoxy) is 1. The molecule has 190 valence electrons. The van der Waals surface area contributed by atoms with Crippen molar-refractivity contribution in [3.05, 3.63) is 64.9 Å². The number of fused-ring (bicyclic) bond motifs is 1. The molecule has 4 rings (SSSR count). The van der Waals surface area contributed by atoms with Crippen LogP contribution in [0.2, 0.25) is 0 Å². The summed E-state index contributed by atoms with van der Waals surface area (Å²) in [4.78, 5) is 18.0. The molecular formula is C25H25BrFN8OP. The minimum absolute atomic E-state index is 0.226. The van der Waals surface area contributed by atoms with E-state index >= 15 is 0 Å². The molecule has 9 nitrogen and oxygen atoms in total. The standard InChI is InChI=1S/C25H25BrFN8OP/c1-29-12-14(11-28)15-9-20(21(36-2)10-17(15)27)34-25-32-13-16(26)24(35-25)33-19-6-5-18-22(23(19)37(3)4)31-8-7-30-18/h5-13,28-29H,1-4H3,(H2,32,33,34,35)/b14-12+,28-11?. The molecule has 37 heavy (non-hydrogen) atoms. The van der Waals surface area contributed by atoms with Crippen LogP contribution in [0.3, 0.4) is 0 Å². The number of hydrogen-bond acceptors (Lipinski definition) is 9. The first-order valence-corrected chi connectivity index (χ1v) is 14.1.